The van der Waals surface area contributed by atoms with E-state index in [2.05, 4.69) is 26.0 Å². The van der Waals surface area contributed by atoms with Crippen molar-refractivity contribution in [3.8, 4) is 0 Å². The number of amides is 1. The van der Waals surface area contributed by atoms with Gasteiger partial charge in [-0.2, -0.15) is 6.42 Å². The van der Waals surface area contributed by atoms with Crippen LogP contribution in [0.2, 0.25) is 0 Å². The zero-order valence-electron chi connectivity index (χ0n) is 12.9. The van der Waals surface area contributed by atoms with Crippen molar-refractivity contribution in [2.45, 2.75) is 44.4 Å². The summed E-state index contributed by atoms with van der Waals surface area (Å²) in [6.45, 7) is 8.79. The van der Waals surface area contributed by atoms with Gasteiger partial charge in [0.1, 0.15) is 0 Å². The Morgan fingerprint density at radius 1 is 1.10 bits per heavy atom. The molecule has 0 saturated heterocycles. The maximum Gasteiger partial charge on any atom is 0.251 e. The third kappa shape index (κ3) is 5.18. The summed E-state index contributed by atoms with van der Waals surface area (Å²) in [5.41, 5.74) is 2.15. The minimum Gasteiger partial charge on any atom is -0.371 e. The molecule has 0 aliphatic heterocycles. The fourth-order valence-electron chi connectivity index (χ4n) is 3.02. The van der Waals surface area contributed by atoms with Crippen LogP contribution in [0.15, 0.2) is 24.3 Å². The number of rotatable bonds is 5. The molecular formula is C18H25NOY-2. The van der Waals surface area contributed by atoms with Crippen molar-refractivity contribution >= 4 is 5.91 Å². The Labute approximate surface area is 154 Å². The van der Waals surface area contributed by atoms with Crippen LogP contribution in [0.1, 0.15) is 60.4 Å². The Bertz CT molecular complexity index is 423. The molecule has 1 aliphatic rings. The van der Waals surface area contributed by atoms with Gasteiger partial charge in [-0.15, -0.1) is 6.54 Å². The van der Waals surface area contributed by atoms with Crippen molar-refractivity contribution < 1.29 is 37.5 Å². The van der Waals surface area contributed by atoms with Crippen molar-refractivity contribution in [3.63, 3.8) is 0 Å². The van der Waals surface area contributed by atoms with Crippen LogP contribution in [0, 0.1) is 13.8 Å². The van der Waals surface area contributed by atoms with E-state index in [1.165, 1.54) is 37.7 Å². The first-order valence-electron chi connectivity index (χ1n) is 7.74. The summed E-state index contributed by atoms with van der Waals surface area (Å²) in [7, 11) is 0. The molecule has 2 rings (SSSR count). The van der Waals surface area contributed by atoms with Crippen molar-refractivity contribution in [1.82, 2.24) is 4.90 Å². The molecule has 1 saturated carbocycles. The fourth-order valence-corrected chi connectivity index (χ4v) is 3.02. The number of benzene rings is 1. The summed E-state index contributed by atoms with van der Waals surface area (Å²) < 4.78 is 0. The first kappa shape index (κ1) is 18.8. The summed E-state index contributed by atoms with van der Waals surface area (Å²) in [5.74, 6) is 0.760. The Morgan fingerprint density at radius 2 is 1.71 bits per heavy atom. The number of hydrogen-bond acceptors (Lipinski definition) is 1. The van der Waals surface area contributed by atoms with E-state index in [9.17, 15) is 4.79 Å². The minimum atomic E-state index is 0. The van der Waals surface area contributed by atoms with Crippen LogP contribution in [0.5, 0.6) is 0 Å². The van der Waals surface area contributed by atoms with Crippen LogP contribution in [0.25, 0.3) is 0 Å². The monoisotopic (exact) mass is 360 g/mol. The van der Waals surface area contributed by atoms with Crippen molar-refractivity contribution in [1.29, 1.82) is 0 Å². The second-order valence-electron chi connectivity index (χ2n) is 5.60. The SMILES string of the molecule is [CH2-]CCN(C[CH2-])C(=O)c1ccc(C2CCCCC2)cc1.[Y]. The van der Waals surface area contributed by atoms with Gasteiger partial charge in [-0.25, -0.2) is 0 Å². The van der Waals surface area contributed by atoms with Crippen LogP contribution < -0.4 is 0 Å². The molecule has 1 aromatic rings. The summed E-state index contributed by atoms with van der Waals surface area (Å²) in [6, 6.07) is 8.21. The van der Waals surface area contributed by atoms with E-state index in [0.717, 1.165) is 12.0 Å². The van der Waals surface area contributed by atoms with Gasteiger partial charge in [0.2, 0.25) is 0 Å². The van der Waals surface area contributed by atoms with Gasteiger partial charge in [-0.3, -0.25) is 4.79 Å². The van der Waals surface area contributed by atoms with Gasteiger partial charge in [-0.05, 0) is 43.0 Å². The van der Waals surface area contributed by atoms with E-state index in [-0.39, 0.29) is 38.6 Å². The molecule has 0 atom stereocenters. The molecule has 0 aromatic heterocycles. The third-order valence-corrected chi connectivity index (χ3v) is 4.22. The zero-order chi connectivity index (χ0) is 14.4. The molecular weight excluding hydrogens is 335 g/mol. The quantitative estimate of drug-likeness (QED) is 0.720. The maximum absolute atomic E-state index is 12.3. The predicted molar refractivity (Wildman–Crippen MR) is 83.5 cm³/mol. The Balaban J connectivity index is 0.00000220. The fraction of sp³-hybridized carbons (Fsp3) is 0.500. The molecule has 1 radical (unpaired) electrons. The summed E-state index contributed by atoms with van der Waals surface area (Å²) in [4.78, 5) is 14.1. The van der Waals surface area contributed by atoms with Crippen LogP contribution in [0.3, 0.4) is 0 Å². The average molecular weight is 360 g/mol. The normalized spacial score (nSPS) is 15.3. The molecule has 113 valence electrons. The van der Waals surface area contributed by atoms with Crippen molar-refractivity contribution in [2.75, 3.05) is 13.1 Å². The van der Waals surface area contributed by atoms with Crippen LogP contribution in [0.4, 0.5) is 0 Å². The van der Waals surface area contributed by atoms with Gasteiger partial charge in [0.15, 0.2) is 0 Å². The van der Waals surface area contributed by atoms with Crippen LogP contribution >= 0.6 is 0 Å². The summed E-state index contributed by atoms with van der Waals surface area (Å²) >= 11 is 0. The number of hydrogen-bond donors (Lipinski definition) is 0. The van der Waals surface area contributed by atoms with E-state index in [0.29, 0.717) is 19.0 Å². The van der Waals surface area contributed by atoms with Gasteiger partial charge < -0.3 is 18.7 Å². The Morgan fingerprint density at radius 3 is 2.24 bits per heavy atom. The topological polar surface area (TPSA) is 20.3 Å². The third-order valence-electron chi connectivity index (χ3n) is 4.22. The molecule has 1 amide bonds. The van der Waals surface area contributed by atoms with Crippen LogP contribution in [-0.4, -0.2) is 23.9 Å². The molecule has 21 heavy (non-hydrogen) atoms. The van der Waals surface area contributed by atoms with E-state index in [4.69, 9.17) is 0 Å². The molecule has 2 nitrogen and oxygen atoms in total. The van der Waals surface area contributed by atoms with E-state index >= 15 is 0 Å². The average Bonchev–Trinajstić information content (AvgIpc) is 2.53. The molecule has 0 spiro atoms. The first-order valence-corrected chi connectivity index (χ1v) is 7.74. The molecule has 0 bridgehead atoms. The van der Waals surface area contributed by atoms with Gasteiger partial charge in [-0.1, -0.05) is 31.4 Å². The van der Waals surface area contributed by atoms with Gasteiger partial charge in [0.25, 0.3) is 5.91 Å². The van der Waals surface area contributed by atoms with Crippen LogP contribution in [-0.2, 0) is 32.7 Å². The molecule has 0 heterocycles. The second kappa shape index (κ2) is 9.74. The van der Waals surface area contributed by atoms with Crippen molar-refractivity contribution in [2.24, 2.45) is 0 Å². The largest absolute Gasteiger partial charge is 0.371 e. The summed E-state index contributed by atoms with van der Waals surface area (Å²) in [5, 5.41) is 0. The van der Waals surface area contributed by atoms with E-state index in [1.807, 2.05) is 12.1 Å². The molecule has 0 N–H and O–H groups in total. The number of carbonyl (C=O) groups excluding carboxylic acids is 1. The van der Waals surface area contributed by atoms with E-state index < -0.39 is 0 Å². The molecule has 1 fully saturated rings. The minimum absolute atomic E-state index is 0. The summed E-state index contributed by atoms with van der Waals surface area (Å²) in [6.07, 6.45) is 7.35. The maximum atomic E-state index is 12.3. The molecule has 0 unspecified atom stereocenters. The van der Waals surface area contributed by atoms with E-state index in [1.54, 1.807) is 4.90 Å². The van der Waals surface area contributed by atoms with Crippen molar-refractivity contribution in [3.05, 3.63) is 49.2 Å². The van der Waals surface area contributed by atoms with Gasteiger partial charge in [0, 0.05) is 38.3 Å². The second-order valence-corrected chi connectivity index (χ2v) is 5.60. The smallest absolute Gasteiger partial charge is 0.251 e. The first-order chi connectivity index (χ1) is 9.76. The predicted octanol–water partition coefficient (Wildman–Crippen LogP) is 4.23. The number of nitrogens with zero attached hydrogens (tertiary/aromatic N) is 1. The number of carbonyl (C=O) groups is 1. The molecule has 3 heteroatoms. The van der Waals surface area contributed by atoms with Gasteiger partial charge >= 0.3 is 0 Å². The standard InChI is InChI=1S/C18H25NO.Y/c1-3-14-19(4-2)18(20)17-12-10-16(11-13-17)15-8-6-5-7-9-15;/h10-13,15H,1-9,14H2;/q-2;. The molecule has 1 aromatic carbocycles. The van der Waals surface area contributed by atoms with Gasteiger partial charge in [0.05, 0.1) is 0 Å². The zero-order valence-corrected chi connectivity index (χ0v) is 15.7. The molecule has 1 aliphatic carbocycles. The Hall–Kier alpha value is -0.206. The Kier molecular flexibility index (Phi) is 8.74.